The van der Waals surface area contributed by atoms with E-state index in [4.69, 9.17) is 9.92 Å². The van der Waals surface area contributed by atoms with Gasteiger partial charge in [0.2, 0.25) is 0 Å². The van der Waals surface area contributed by atoms with Gasteiger partial charge in [-0.3, -0.25) is 4.18 Å². The first-order valence-electron chi connectivity index (χ1n) is 6.91. The maximum Gasteiger partial charge on any atom is 0.407 e. The summed E-state index contributed by atoms with van der Waals surface area (Å²) in [5.41, 5.74) is 7.13. The van der Waals surface area contributed by atoms with Gasteiger partial charge in [0, 0.05) is 18.5 Å². The second kappa shape index (κ2) is 6.64. The van der Waals surface area contributed by atoms with Crippen LogP contribution >= 0.6 is 0 Å². The number of benzene rings is 1. The Balaban J connectivity index is 2.11. The molecule has 1 aliphatic heterocycles. The molecule has 3 atom stereocenters. The molecule has 0 radical (unpaired) electrons. The molecule has 1 aromatic rings. The normalized spacial score (nSPS) is 25.4. The summed E-state index contributed by atoms with van der Waals surface area (Å²) in [7, 11) is -3.57. The average Bonchev–Trinajstić information content (AvgIpc) is 2.74. The van der Waals surface area contributed by atoms with E-state index in [1.54, 1.807) is 0 Å². The third-order valence-electron chi connectivity index (χ3n) is 3.85. The fourth-order valence-corrected chi connectivity index (χ4v) is 3.15. The first kappa shape index (κ1) is 16.7. The molecule has 1 aromatic carbocycles. The monoisotopic (exact) mass is 328 g/mol. The zero-order valence-corrected chi connectivity index (χ0v) is 13.1. The van der Waals surface area contributed by atoms with Crippen molar-refractivity contribution >= 4 is 16.2 Å². The van der Waals surface area contributed by atoms with E-state index in [2.05, 4.69) is 0 Å². The van der Waals surface area contributed by atoms with Crippen molar-refractivity contribution in [2.75, 3.05) is 19.4 Å². The van der Waals surface area contributed by atoms with E-state index in [0.717, 1.165) is 11.8 Å². The summed E-state index contributed by atoms with van der Waals surface area (Å²) in [5, 5.41) is 9.34. The predicted octanol–water partition coefficient (Wildman–Crippen LogP) is 0.511. The van der Waals surface area contributed by atoms with Crippen molar-refractivity contribution in [3.05, 3.63) is 35.9 Å². The van der Waals surface area contributed by atoms with E-state index in [9.17, 15) is 18.3 Å². The molecular formula is C14H20N2O5S. The number of hydrogen-bond acceptors (Lipinski definition) is 5. The minimum Gasteiger partial charge on any atom is -0.465 e. The summed E-state index contributed by atoms with van der Waals surface area (Å²) >= 11 is 0. The maximum atomic E-state index is 11.4. The lowest BCUT2D eigenvalue weighted by Gasteiger charge is -2.24. The van der Waals surface area contributed by atoms with Gasteiger partial charge in [-0.15, -0.1) is 0 Å². The molecule has 0 aliphatic carbocycles. The van der Waals surface area contributed by atoms with Crippen molar-refractivity contribution in [1.29, 1.82) is 0 Å². The first-order valence-corrected chi connectivity index (χ1v) is 8.73. The Labute approximate surface area is 129 Å². The van der Waals surface area contributed by atoms with Crippen LogP contribution < -0.4 is 5.73 Å². The van der Waals surface area contributed by atoms with Crippen LogP contribution in [0.15, 0.2) is 30.3 Å². The summed E-state index contributed by atoms with van der Waals surface area (Å²) in [5.74, 6) is -0.348. The third kappa shape index (κ3) is 4.19. The van der Waals surface area contributed by atoms with E-state index in [-0.39, 0.29) is 19.1 Å². The van der Waals surface area contributed by atoms with Crippen LogP contribution in [0.1, 0.15) is 5.56 Å². The topological polar surface area (TPSA) is 110 Å². The molecule has 1 saturated heterocycles. The molecule has 2 rings (SSSR count). The van der Waals surface area contributed by atoms with E-state index < -0.39 is 28.3 Å². The minimum absolute atomic E-state index is 0.102. The fourth-order valence-electron chi connectivity index (χ4n) is 2.73. The highest BCUT2D eigenvalue weighted by Crippen LogP contribution is 2.26. The molecule has 0 spiro atoms. The zero-order chi connectivity index (χ0) is 16.3. The maximum absolute atomic E-state index is 11.4. The summed E-state index contributed by atoms with van der Waals surface area (Å²) in [6.07, 6.45) is 0.395. The van der Waals surface area contributed by atoms with Crippen LogP contribution in [-0.2, 0) is 20.7 Å². The number of carboxylic acid groups (broad SMARTS) is 1. The van der Waals surface area contributed by atoms with Gasteiger partial charge < -0.3 is 15.7 Å². The predicted molar refractivity (Wildman–Crippen MR) is 80.9 cm³/mol. The Morgan fingerprint density at radius 2 is 2.05 bits per heavy atom. The van der Waals surface area contributed by atoms with Crippen molar-refractivity contribution in [3.63, 3.8) is 0 Å². The number of hydrogen-bond donors (Lipinski definition) is 2. The first-order chi connectivity index (χ1) is 10.3. The Kier molecular flexibility index (Phi) is 5.05. The second-order valence-electron chi connectivity index (χ2n) is 5.52. The third-order valence-corrected chi connectivity index (χ3v) is 4.41. The highest BCUT2D eigenvalue weighted by Gasteiger charge is 2.42. The number of nitrogens with zero attached hydrogens (tertiary/aromatic N) is 1. The van der Waals surface area contributed by atoms with Crippen LogP contribution in [0, 0.1) is 5.92 Å². The van der Waals surface area contributed by atoms with Crippen LogP contribution in [0.2, 0.25) is 0 Å². The summed E-state index contributed by atoms with van der Waals surface area (Å²) in [6.45, 7) is 0.0680. The molecule has 1 unspecified atom stereocenters. The summed E-state index contributed by atoms with van der Waals surface area (Å²) in [6, 6.07) is 8.60. The number of carbonyl (C=O) groups is 1. The van der Waals surface area contributed by atoms with Crippen LogP contribution in [0.3, 0.4) is 0 Å². The molecule has 1 aliphatic rings. The van der Waals surface area contributed by atoms with Crippen molar-refractivity contribution < 1.29 is 22.5 Å². The van der Waals surface area contributed by atoms with Gasteiger partial charge in [0.1, 0.15) is 0 Å². The SMILES string of the molecule is CS(=O)(=O)OC[C@H]1CN(C(=O)O)C(Cc2ccccc2)[C@H]1N. The van der Waals surface area contributed by atoms with Gasteiger partial charge in [-0.25, -0.2) is 4.79 Å². The lowest BCUT2D eigenvalue weighted by molar-refractivity contribution is 0.137. The Bertz CT molecular complexity index is 619. The number of amides is 1. The molecule has 3 N–H and O–H groups in total. The summed E-state index contributed by atoms with van der Waals surface area (Å²) in [4.78, 5) is 12.7. The Hall–Kier alpha value is -1.64. The van der Waals surface area contributed by atoms with Gasteiger partial charge in [0.25, 0.3) is 10.1 Å². The summed E-state index contributed by atoms with van der Waals surface area (Å²) < 4.78 is 27.0. The molecular weight excluding hydrogens is 308 g/mol. The molecule has 22 heavy (non-hydrogen) atoms. The number of rotatable bonds is 5. The molecule has 1 fully saturated rings. The van der Waals surface area contributed by atoms with Crippen LogP contribution in [-0.4, -0.2) is 56.0 Å². The molecule has 7 nitrogen and oxygen atoms in total. The van der Waals surface area contributed by atoms with Gasteiger partial charge in [0.15, 0.2) is 0 Å². The number of nitrogens with two attached hydrogens (primary N) is 1. The van der Waals surface area contributed by atoms with E-state index in [1.807, 2.05) is 30.3 Å². The Morgan fingerprint density at radius 3 is 2.59 bits per heavy atom. The highest BCUT2D eigenvalue weighted by molar-refractivity contribution is 7.85. The van der Waals surface area contributed by atoms with Gasteiger partial charge in [-0.05, 0) is 12.0 Å². The van der Waals surface area contributed by atoms with Crippen molar-refractivity contribution in [3.8, 4) is 0 Å². The van der Waals surface area contributed by atoms with E-state index >= 15 is 0 Å². The molecule has 1 amide bonds. The molecule has 0 saturated carbocycles. The van der Waals surface area contributed by atoms with Crippen molar-refractivity contribution in [2.45, 2.75) is 18.5 Å². The lowest BCUT2D eigenvalue weighted by Crippen LogP contribution is -2.44. The zero-order valence-electron chi connectivity index (χ0n) is 12.3. The van der Waals surface area contributed by atoms with Crippen LogP contribution in [0.5, 0.6) is 0 Å². The molecule has 122 valence electrons. The molecule has 1 heterocycles. The molecule has 0 aromatic heterocycles. The lowest BCUT2D eigenvalue weighted by atomic mass is 9.95. The molecule has 8 heteroatoms. The number of likely N-dealkylation sites (tertiary alicyclic amines) is 1. The van der Waals surface area contributed by atoms with Gasteiger partial charge in [0.05, 0.1) is 18.9 Å². The largest absolute Gasteiger partial charge is 0.465 e. The standard InChI is InChI=1S/C14H20N2O5S/c1-22(19,20)21-9-11-8-16(14(17)18)12(13(11)15)7-10-5-3-2-4-6-10/h2-6,11-13H,7-9,15H2,1H3,(H,17,18)/t11-,12?,13+/m1/s1. The Morgan fingerprint density at radius 1 is 1.41 bits per heavy atom. The minimum atomic E-state index is -3.57. The van der Waals surface area contributed by atoms with Crippen LogP contribution in [0.4, 0.5) is 4.79 Å². The van der Waals surface area contributed by atoms with Gasteiger partial charge in [-0.1, -0.05) is 30.3 Å². The van der Waals surface area contributed by atoms with Crippen molar-refractivity contribution in [2.24, 2.45) is 11.7 Å². The van der Waals surface area contributed by atoms with Gasteiger partial charge in [-0.2, -0.15) is 8.42 Å². The average molecular weight is 328 g/mol. The van der Waals surface area contributed by atoms with E-state index in [1.165, 1.54) is 4.90 Å². The van der Waals surface area contributed by atoms with Crippen molar-refractivity contribution in [1.82, 2.24) is 4.90 Å². The second-order valence-corrected chi connectivity index (χ2v) is 7.16. The smallest absolute Gasteiger partial charge is 0.407 e. The fraction of sp³-hybridized carbons (Fsp3) is 0.500. The highest BCUT2D eigenvalue weighted by atomic mass is 32.2. The van der Waals surface area contributed by atoms with E-state index in [0.29, 0.717) is 6.42 Å². The quantitative estimate of drug-likeness (QED) is 0.762. The van der Waals surface area contributed by atoms with Crippen LogP contribution in [0.25, 0.3) is 0 Å². The van der Waals surface area contributed by atoms with Gasteiger partial charge >= 0.3 is 6.09 Å². The molecule has 0 bridgehead atoms.